The molecule has 2 rings (SSSR count). The molecule has 112 valence electrons. The molecule has 1 heterocycles. The third-order valence-electron chi connectivity index (χ3n) is 3.53. The van der Waals surface area contributed by atoms with Crippen molar-refractivity contribution >= 4 is 10.0 Å². The van der Waals surface area contributed by atoms with Crippen LogP contribution in [0.25, 0.3) is 0 Å². The smallest absolute Gasteiger partial charge is 0.243 e. The molecule has 2 unspecified atom stereocenters. The second-order valence-electron chi connectivity index (χ2n) is 5.00. The van der Waals surface area contributed by atoms with Gasteiger partial charge in [-0.3, -0.25) is 0 Å². The van der Waals surface area contributed by atoms with Crippen molar-refractivity contribution in [2.45, 2.75) is 30.8 Å². The van der Waals surface area contributed by atoms with E-state index >= 15 is 0 Å². The number of nitrogens with two attached hydrogens (primary N) is 1. The van der Waals surface area contributed by atoms with Gasteiger partial charge < -0.3 is 10.5 Å². The van der Waals surface area contributed by atoms with Crippen LogP contribution in [0.3, 0.4) is 0 Å². The Labute approximate surface area is 118 Å². The number of sulfonamides is 1. The van der Waals surface area contributed by atoms with Gasteiger partial charge in [-0.1, -0.05) is 6.07 Å². The second-order valence-corrected chi connectivity index (χ2v) is 6.68. The van der Waals surface area contributed by atoms with Crippen LogP contribution >= 0.6 is 0 Å². The van der Waals surface area contributed by atoms with Crippen molar-refractivity contribution in [3.8, 4) is 0 Å². The summed E-state index contributed by atoms with van der Waals surface area (Å²) in [6.45, 7) is 3.08. The molecule has 1 aliphatic heterocycles. The highest BCUT2D eigenvalue weighted by molar-refractivity contribution is 7.89. The minimum Gasteiger partial charge on any atom is -0.381 e. The standard InChI is InChI=1S/C13H19FN2O3S/c1-9(11-4-5-19-8-11)16-20(17,18)13-6-10(7-15)2-3-12(13)14/h2-3,6,9,11,16H,4-5,7-8,15H2,1H3. The van der Waals surface area contributed by atoms with Crippen LogP contribution in [0.2, 0.25) is 0 Å². The van der Waals surface area contributed by atoms with Gasteiger partial charge in [0.05, 0.1) is 6.61 Å². The molecule has 0 bridgehead atoms. The molecule has 0 spiro atoms. The molecule has 2 atom stereocenters. The van der Waals surface area contributed by atoms with Crippen molar-refractivity contribution in [1.82, 2.24) is 4.72 Å². The predicted octanol–water partition coefficient (Wildman–Crippen LogP) is 0.988. The monoisotopic (exact) mass is 302 g/mol. The number of hydrogen-bond donors (Lipinski definition) is 2. The largest absolute Gasteiger partial charge is 0.381 e. The SMILES string of the molecule is CC(NS(=O)(=O)c1cc(CN)ccc1F)C1CCOC1. The van der Waals surface area contributed by atoms with Crippen molar-refractivity contribution < 1.29 is 17.5 Å². The summed E-state index contributed by atoms with van der Waals surface area (Å²) in [7, 11) is -3.90. The number of halogens is 1. The van der Waals surface area contributed by atoms with Gasteiger partial charge in [0, 0.05) is 25.1 Å². The number of rotatable bonds is 5. The zero-order chi connectivity index (χ0) is 14.8. The highest BCUT2D eigenvalue weighted by Crippen LogP contribution is 2.21. The van der Waals surface area contributed by atoms with Gasteiger partial charge in [0.1, 0.15) is 10.7 Å². The molecule has 20 heavy (non-hydrogen) atoms. The maximum absolute atomic E-state index is 13.7. The van der Waals surface area contributed by atoms with Crippen LogP contribution in [0.15, 0.2) is 23.1 Å². The Balaban J connectivity index is 2.21. The molecular weight excluding hydrogens is 283 g/mol. The third-order valence-corrected chi connectivity index (χ3v) is 5.11. The Hall–Kier alpha value is -1.02. The zero-order valence-electron chi connectivity index (χ0n) is 11.3. The van der Waals surface area contributed by atoms with Gasteiger partial charge in [-0.05, 0) is 31.0 Å². The first kappa shape index (κ1) is 15.4. The first-order chi connectivity index (χ1) is 9.44. The average Bonchev–Trinajstić information content (AvgIpc) is 2.92. The predicted molar refractivity (Wildman–Crippen MR) is 73.0 cm³/mol. The molecule has 1 aromatic carbocycles. The van der Waals surface area contributed by atoms with E-state index in [-0.39, 0.29) is 23.4 Å². The average molecular weight is 302 g/mol. The first-order valence-electron chi connectivity index (χ1n) is 6.52. The minimum atomic E-state index is -3.90. The molecular formula is C13H19FN2O3S. The molecule has 7 heteroatoms. The van der Waals surface area contributed by atoms with E-state index in [9.17, 15) is 12.8 Å². The molecule has 5 nitrogen and oxygen atoms in total. The van der Waals surface area contributed by atoms with Crippen molar-refractivity contribution in [1.29, 1.82) is 0 Å². The molecule has 1 saturated heterocycles. The van der Waals surface area contributed by atoms with E-state index in [2.05, 4.69) is 4.72 Å². The van der Waals surface area contributed by atoms with Gasteiger partial charge in [0.2, 0.25) is 10.0 Å². The van der Waals surface area contributed by atoms with E-state index in [0.29, 0.717) is 18.8 Å². The lowest BCUT2D eigenvalue weighted by Gasteiger charge is -2.19. The summed E-state index contributed by atoms with van der Waals surface area (Å²) in [5.41, 5.74) is 6.03. The van der Waals surface area contributed by atoms with Crippen LogP contribution in [0.5, 0.6) is 0 Å². The third kappa shape index (κ3) is 3.35. The van der Waals surface area contributed by atoms with Crippen molar-refractivity contribution in [2.75, 3.05) is 13.2 Å². The lowest BCUT2D eigenvalue weighted by Crippen LogP contribution is -2.38. The lowest BCUT2D eigenvalue weighted by atomic mass is 10.0. The van der Waals surface area contributed by atoms with E-state index in [0.717, 1.165) is 12.5 Å². The summed E-state index contributed by atoms with van der Waals surface area (Å²) in [6, 6.07) is 3.57. The Bertz CT molecular complexity index is 571. The first-order valence-corrected chi connectivity index (χ1v) is 8.01. The summed E-state index contributed by atoms with van der Waals surface area (Å²) < 4.78 is 46.0. The highest BCUT2D eigenvalue weighted by Gasteiger charge is 2.28. The summed E-state index contributed by atoms with van der Waals surface area (Å²) in [5, 5.41) is 0. The van der Waals surface area contributed by atoms with Gasteiger partial charge >= 0.3 is 0 Å². The molecule has 0 saturated carbocycles. The van der Waals surface area contributed by atoms with Crippen LogP contribution in [-0.4, -0.2) is 27.7 Å². The summed E-state index contributed by atoms with van der Waals surface area (Å²) in [5.74, 6) is -0.657. The van der Waals surface area contributed by atoms with Crippen molar-refractivity contribution in [2.24, 2.45) is 11.7 Å². The van der Waals surface area contributed by atoms with Crippen LogP contribution < -0.4 is 10.5 Å². The summed E-state index contributed by atoms with van der Waals surface area (Å²) in [6.07, 6.45) is 0.801. The summed E-state index contributed by atoms with van der Waals surface area (Å²) >= 11 is 0. The molecule has 0 radical (unpaired) electrons. The molecule has 1 fully saturated rings. The van der Waals surface area contributed by atoms with Crippen LogP contribution in [0, 0.1) is 11.7 Å². The quantitative estimate of drug-likeness (QED) is 0.850. The van der Waals surface area contributed by atoms with E-state index in [1.165, 1.54) is 12.1 Å². The lowest BCUT2D eigenvalue weighted by molar-refractivity contribution is 0.180. The van der Waals surface area contributed by atoms with Crippen LogP contribution in [0.1, 0.15) is 18.9 Å². The fourth-order valence-electron chi connectivity index (χ4n) is 2.23. The second kappa shape index (κ2) is 6.17. The van der Waals surface area contributed by atoms with Gasteiger partial charge in [-0.25, -0.2) is 17.5 Å². The van der Waals surface area contributed by atoms with E-state index < -0.39 is 15.8 Å². The van der Waals surface area contributed by atoms with Crippen molar-refractivity contribution in [3.63, 3.8) is 0 Å². The van der Waals surface area contributed by atoms with E-state index in [4.69, 9.17) is 10.5 Å². The summed E-state index contributed by atoms with van der Waals surface area (Å²) in [4.78, 5) is -0.355. The Morgan fingerprint density at radius 3 is 2.90 bits per heavy atom. The fraction of sp³-hybridized carbons (Fsp3) is 0.538. The maximum atomic E-state index is 13.7. The van der Waals surface area contributed by atoms with Gasteiger partial charge in [-0.15, -0.1) is 0 Å². The maximum Gasteiger partial charge on any atom is 0.243 e. The Morgan fingerprint density at radius 2 is 2.30 bits per heavy atom. The number of benzene rings is 1. The highest BCUT2D eigenvalue weighted by atomic mass is 32.2. The number of nitrogens with one attached hydrogen (secondary N) is 1. The Kier molecular flexibility index (Phi) is 4.74. The van der Waals surface area contributed by atoms with Crippen molar-refractivity contribution in [3.05, 3.63) is 29.6 Å². The molecule has 0 amide bonds. The molecule has 1 aliphatic rings. The van der Waals surface area contributed by atoms with Gasteiger partial charge in [0.15, 0.2) is 0 Å². The van der Waals surface area contributed by atoms with Crippen LogP contribution in [-0.2, 0) is 21.3 Å². The minimum absolute atomic E-state index is 0.116. The van der Waals surface area contributed by atoms with Gasteiger partial charge in [-0.2, -0.15) is 0 Å². The normalized spacial score (nSPS) is 21.1. The van der Waals surface area contributed by atoms with E-state index in [1.807, 2.05) is 0 Å². The number of hydrogen-bond acceptors (Lipinski definition) is 4. The number of ether oxygens (including phenoxy) is 1. The zero-order valence-corrected chi connectivity index (χ0v) is 12.1. The molecule has 0 aromatic heterocycles. The topological polar surface area (TPSA) is 81.4 Å². The fourth-order valence-corrected chi connectivity index (χ4v) is 3.67. The Morgan fingerprint density at radius 1 is 1.55 bits per heavy atom. The molecule has 1 aromatic rings. The molecule has 3 N–H and O–H groups in total. The van der Waals surface area contributed by atoms with Crippen LogP contribution in [0.4, 0.5) is 4.39 Å². The van der Waals surface area contributed by atoms with Gasteiger partial charge in [0.25, 0.3) is 0 Å². The molecule has 0 aliphatic carbocycles. The van der Waals surface area contributed by atoms with E-state index in [1.54, 1.807) is 6.92 Å².